The van der Waals surface area contributed by atoms with Crippen LogP contribution >= 0.6 is 0 Å². The van der Waals surface area contributed by atoms with Crippen LogP contribution in [0.4, 0.5) is 0 Å². The summed E-state index contributed by atoms with van der Waals surface area (Å²) in [6.07, 6.45) is 6.96. The summed E-state index contributed by atoms with van der Waals surface area (Å²) >= 11 is 0. The maximum atomic E-state index is 13.0. The summed E-state index contributed by atoms with van der Waals surface area (Å²) in [6.45, 7) is 2.61. The number of aromatic nitrogens is 3. The summed E-state index contributed by atoms with van der Waals surface area (Å²) in [5.74, 6) is -0.0579. The molecule has 3 aromatic rings. The molecular weight excluding hydrogens is 352 g/mol. The van der Waals surface area contributed by atoms with Gasteiger partial charge in [0, 0.05) is 29.9 Å². The van der Waals surface area contributed by atoms with Crippen LogP contribution in [0.2, 0.25) is 0 Å². The van der Waals surface area contributed by atoms with Gasteiger partial charge in [-0.1, -0.05) is 31.9 Å². The zero-order chi connectivity index (χ0) is 19.5. The zero-order valence-corrected chi connectivity index (χ0v) is 16.0. The minimum atomic E-state index is -0.156. The lowest BCUT2D eigenvalue weighted by atomic mass is 10.1. The van der Waals surface area contributed by atoms with Crippen LogP contribution in [0.15, 0.2) is 47.4 Å². The van der Waals surface area contributed by atoms with Crippen LogP contribution in [-0.4, -0.2) is 26.5 Å². The molecular formula is C22H24N4O2. The van der Waals surface area contributed by atoms with Crippen molar-refractivity contribution in [2.24, 2.45) is 0 Å². The van der Waals surface area contributed by atoms with E-state index in [1.54, 1.807) is 35.0 Å². The normalized spacial score (nSPS) is 14.5. The lowest BCUT2D eigenvalue weighted by Gasteiger charge is -2.13. The first-order chi connectivity index (χ1) is 13.7. The van der Waals surface area contributed by atoms with Gasteiger partial charge in [0.2, 0.25) is 0 Å². The number of nitrogens with zero attached hydrogens (tertiary/aromatic N) is 3. The van der Waals surface area contributed by atoms with Gasteiger partial charge in [0.05, 0.1) is 0 Å². The van der Waals surface area contributed by atoms with Crippen LogP contribution in [0.25, 0.3) is 22.4 Å². The summed E-state index contributed by atoms with van der Waals surface area (Å²) in [5.41, 5.74) is 2.83. The van der Waals surface area contributed by atoms with Crippen LogP contribution in [0.5, 0.6) is 0 Å². The number of hydrogen-bond acceptors (Lipinski definition) is 4. The third-order valence-electron chi connectivity index (χ3n) is 5.26. The van der Waals surface area contributed by atoms with E-state index in [4.69, 9.17) is 0 Å². The molecule has 4 rings (SSSR count). The number of aryl methyl sites for hydroxylation is 1. The predicted molar refractivity (Wildman–Crippen MR) is 109 cm³/mol. The van der Waals surface area contributed by atoms with E-state index in [9.17, 15) is 9.59 Å². The molecule has 6 nitrogen and oxygen atoms in total. The summed E-state index contributed by atoms with van der Waals surface area (Å²) in [6, 6.07) is 11.1. The molecule has 0 bridgehead atoms. The van der Waals surface area contributed by atoms with Gasteiger partial charge in [-0.3, -0.25) is 14.2 Å². The summed E-state index contributed by atoms with van der Waals surface area (Å²) < 4.78 is 1.68. The number of carbonyl (C=O) groups is 1. The van der Waals surface area contributed by atoms with Gasteiger partial charge in [-0.05, 0) is 43.5 Å². The van der Waals surface area contributed by atoms with Crippen LogP contribution < -0.4 is 10.9 Å². The van der Waals surface area contributed by atoms with Gasteiger partial charge in [-0.2, -0.15) is 0 Å². The van der Waals surface area contributed by atoms with Gasteiger partial charge in [-0.25, -0.2) is 9.97 Å². The second kappa shape index (κ2) is 7.92. The van der Waals surface area contributed by atoms with Crippen LogP contribution in [0.1, 0.15) is 49.4 Å². The highest BCUT2D eigenvalue weighted by Crippen LogP contribution is 2.20. The summed E-state index contributed by atoms with van der Waals surface area (Å²) in [7, 11) is 0. The molecule has 0 saturated heterocycles. The highest BCUT2D eigenvalue weighted by atomic mass is 16.1. The maximum Gasteiger partial charge on any atom is 0.278 e. The SMILES string of the molecule is CCCn1c(=O)c(-c2ccc(C(=O)NC3CCCC3)cc2)nc2cccnc21. The number of hydrogen-bond donors (Lipinski definition) is 1. The first-order valence-corrected chi connectivity index (χ1v) is 9.94. The monoisotopic (exact) mass is 376 g/mol. The van der Waals surface area contributed by atoms with E-state index in [2.05, 4.69) is 15.3 Å². The molecule has 0 spiro atoms. The minimum absolute atomic E-state index is 0.0579. The van der Waals surface area contributed by atoms with E-state index < -0.39 is 0 Å². The van der Waals surface area contributed by atoms with Crippen molar-refractivity contribution in [1.82, 2.24) is 19.9 Å². The molecule has 0 radical (unpaired) electrons. The standard InChI is InChI=1S/C22H24N4O2/c1-2-14-26-20-18(8-5-13-23-20)25-19(22(26)28)15-9-11-16(12-10-15)21(27)24-17-6-3-4-7-17/h5,8-13,17H,2-4,6-7,14H2,1H3,(H,24,27). The Balaban J connectivity index is 1.67. The number of fused-ring (bicyclic) bond motifs is 1. The van der Waals surface area contributed by atoms with Crippen molar-refractivity contribution in [2.45, 2.75) is 51.6 Å². The number of benzene rings is 1. The molecule has 1 aliphatic carbocycles. The molecule has 0 unspecified atom stereocenters. The average molecular weight is 376 g/mol. The fraction of sp³-hybridized carbons (Fsp3) is 0.364. The van der Waals surface area contributed by atoms with Crippen LogP contribution in [-0.2, 0) is 6.54 Å². The van der Waals surface area contributed by atoms with E-state index in [0.717, 1.165) is 19.3 Å². The second-order valence-electron chi connectivity index (χ2n) is 7.30. The predicted octanol–water partition coefficient (Wildman–Crippen LogP) is 3.54. The lowest BCUT2D eigenvalue weighted by Crippen LogP contribution is -2.32. The van der Waals surface area contributed by atoms with Gasteiger partial charge in [0.25, 0.3) is 11.5 Å². The Hall–Kier alpha value is -3.02. The fourth-order valence-corrected chi connectivity index (χ4v) is 3.81. The molecule has 144 valence electrons. The maximum absolute atomic E-state index is 13.0. The molecule has 0 atom stereocenters. The Kier molecular flexibility index (Phi) is 5.19. The fourth-order valence-electron chi connectivity index (χ4n) is 3.81. The number of amides is 1. The molecule has 1 aromatic carbocycles. The van der Waals surface area contributed by atoms with Gasteiger partial charge in [0.1, 0.15) is 11.2 Å². The molecule has 6 heteroatoms. The van der Waals surface area contributed by atoms with E-state index in [-0.39, 0.29) is 17.5 Å². The zero-order valence-electron chi connectivity index (χ0n) is 16.0. The first kappa shape index (κ1) is 18.3. The van der Waals surface area contributed by atoms with E-state index >= 15 is 0 Å². The van der Waals surface area contributed by atoms with Crippen molar-refractivity contribution < 1.29 is 4.79 Å². The van der Waals surface area contributed by atoms with Crippen molar-refractivity contribution >= 4 is 17.1 Å². The highest BCUT2D eigenvalue weighted by molar-refractivity contribution is 5.94. The molecule has 1 amide bonds. The third-order valence-corrected chi connectivity index (χ3v) is 5.26. The molecule has 1 aliphatic rings. The molecule has 1 fully saturated rings. The van der Waals surface area contributed by atoms with Gasteiger partial charge < -0.3 is 5.32 Å². The van der Waals surface area contributed by atoms with E-state index in [1.807, 2.05) is 19.1 Å². The van der Waals surface area contributed by atoms with E-state index in [1.165, 1.54) is 12.8 Å². The number of rotatable bonds is 5. The molecule has 1 saturated carbocycles. The van der Waals surface area contributed by atoms with Crippen molar-refractivity contribution in [2.75, 3.05) is 0 Å². The Bertz CT molecular complexity index is 1050. The molecule has 0 aliphatic heterocycles. The molecule has 2 aromatic heterocycles. The van der Waals surface area contributed by atoms with Crippen molar-refractivity contribution in [1.29, 1.82) is 0 Å². The van der Waals surface area contributed by atoms with Crippen LogP contribution in [0.3, 0.4) is 0 Å². The van der Waals surface area contributed by atoms with Gasteiger partial charge >= 0.3 is 0 Å². The highest BCUT2D eigenvalue weighted by Gasteiger charge is 2.18. The topological polar surface area (TPSA) is 76.9 Å². The van der Waals surface area contributed by atoms with E-state index in [0.29, 0.717) is 34.5 Å². The van der Waals surface area contributed by atoms with Crippen molar-refractivity contribution in [3.05, 3.63) is 58.5 Å². The Morgan fingerprint density at radius 2 is 1.93 bits per heavy atom. The Labute approximate surface area is 163 Å². The second-order valence-corrected chi connectivity index (χ2v) is 7.30. The van der Waals surface area contributed by atoms with Crippen molar-refractivity contribution in [3.63, 3.8) is 0 Å². The minimum Gasteiger partial charge on any atom is -0.349 e. The largest absolute Gasteiger partial charge is 0.349 e. The number of carbonyl (C=O) groups excluding carboxylic acids is 1. The number of nitrogens with one attached hydrogen (secondary N) is 1. The summed E-state index contributed by atoms with van der Waals surface area (Å²) in [5, 5.41) is 3.09. The molecule has 2 heterocycles. The van der Waals surface area contributed by atoms with Crippen LogP contribution in [0, 0.1) is 0 Å². The van der Waals surface area contributed by atoms with Gasteiger partial charge in [0.15, 0.2) is 5.65 Å². The lowest BCUT2D eigenvalue weighted by molar-refractivity contribution is 0.0938. The molecule has 1 N–H and O–H groups in total. The van der Waals surface area contributed by atoms with Gasteiger partial charge in [-0.15, -0.1) is 0 Å². The number of pyridine rings is 1. The summed E-state index contributed by atoms with van der Waals surface area (Å²) in [4.78, 5) is 34.3. The smallest absolute Gasteiger partial charge is 0.278 e. The van der Waals surface area contributed by atoms with Crippen molar-refractivity contribution in [3.8, 4) is 11.3 Å². The third kappa shape index (κ3) is 3.54. The molecule has 28 heavy (non-hydrogen) atoms. The average Bonchev–Trinajstić information content (AvgIpc) is 3.23. The Morgan fingerprint density at radius 1 is 1.18 bits per heavy atom. The quantitative estimate of drug-likeness (QED) is 0.739. The Morgan fingerprint density at radius 3 is 2.64 bits per heavy atom. The first-order valence-electron chi connectivity index (χ1n) is 9.94.